The van der Waals surface area contributed by atoms with Crippen LogP contribution in [0, 0.1) is 11.8 Å². The summed E-state index contributed by atoms with van der Waals surface area (Å²) >= 11 is 0. The Labute approximate surface area is 162 Å². The molecular formula is C23H20NO4-. The SMILES string of the molecule is C=C(C)C[C@@H]1N(c2cccc3ccccc23)C(=O)[C@@H]2[C@H](C(=O)[O-])[C@@H]3C=C[C@]21O3. The number of anilines is 1. The lowest BCUT2D eigenvalue weighted by Gasteiger charge is -2.34. The van der Waals surface area contributed by atoms with Crippen LogP contribution in [0.1, 0.15) is 13.3 Å². The van der Waals surface area contributed by atoms with Gasteiger partial charge < -0.3 is 19.5 Å². The van der Waals surface area contributed by atoms with E-state index in [9.17, 15) is 14.7 Å². The third-order valence-electron chi connectivity index (χ3n) is 6.26. The smallest absolute Gasteiger partial charge is 0.234 e. The molecule has 5 atom stereocenters. The van der Waals surface area contributed by atoms with Gasteiger partial charge in [0.25, 0.3) is 0 Å². The molecule has 5 rings (SSSR count). The van der Waals surface area contributed by atoms with Crippen molar-refractivity contribution < 1.29 is 19.4 Å². The molecular weight excluding hydrogens is 354 g/mol. The molecule has 2 aromatic carbocycles. The Morgan fingerprint density at radius 1 is 1.25 bits per heavy atom. The third-order valence-corrected chi connectivity index (χ3v) is 6.26. The van der Waals surface area contributed by atoms with Crippen molar-refractivity contribution in [3.05, 3.63) is 66.8 Å². The molecule has 142 valence electrons. The number of hydrogen-bond acceptors (Lipinski definition) is 4. The number of rotatable bonds is 4. The number of hydrogen-bond donors (Lipinski definition) is 0. The number of carboxylic acid groups (broad SMARTS) is 1. The van der Waals surface area contributed by atoms with Crippen LogP contribution in [-0.2, 0) is 14.3 Å². The van der Waals surface area contributed by atoms with Crippen LogP contribution in [0.4, 0.5) is 5.69 Å². The van der Waals surface area contributed by atoms with Crippen molar-refractivity contribution in [2.45, 2.75) is 31.1 Å². The summed E-state index contributed by atoms with van der Waals surface area (Å²) in [6, 6.07) is 13.3. The van der Waals surface area contributed by atoms with Gasteiger partial charge in [0.05, 0.1) is 23.8 Å². The van der Waals surface area contributed by atoms with Gasteiger partial charge in [0.15, 0.2) is 0 Å². The Morgan fingerprint density at radius 3 is 2.75 bits per heavy atom. The summed E-state index contributed by atoms with van der Waals surface area (Å²) in [6.45, 7) is 5.95. The van der Waals surface area contributed by atoms with Crippen LogP contribution in [-0.4, -0.2) is 29.6 Å². The molecule has 5 nitrogen and oxygen atoms in total. The molecule has 0 aromatic heterocycles. The fraction of sp³-hybridized carbons (Fsp3) is 0.304. The van der Waals surface area contributed by atoms with E-state index in [4.69, 9.17) is 4.74 Å². The summed E-state index contributed by atoms with van der Waals surface area (Å²) < 4.78 is 6.17. The molecule has 2 bridgehead atoms. The summed E-state index contributed by atoms with van der Waals surface area (Å²) in [5.74, 6) is -3.20. The number of ether oxygens (including phenoxy) is 1. The fourth-order valence-corrected chi connectivity index (χ4v) is 5.20. The first-order valence-corrected chi connectivity index (χ1v) is 9.47. The Kier molecular flexibility index (Phi) is 3.55. The molecule has 0 saturated carbocycles. The van der Waals surface area contributed by atoms with Gasteiger partial charge >= 0.3 is 0 Å². The first kappa shape index (κ1) is 17.2. The Balaban J connectivity index is 1.71. The lowest BCUT2D eigenvalue weighted by molar-refractivity contribution is -0.313. The van der Waals surface area contributed by atoms with Crippen molar-refractivity contribution in [3.8, 4) is 0 Å². The Bertz CT molecular complexity index is 1050. The van der Waals surface area contributed by atoms with E-state index in [1.165, 1.54) is 0 Å². The first-order valence-electron chi connectivity index (χ1n) is 9.47. The second-order valence-electron chi connectivity index (χ2n) is 8.00. The number of carbonyl (C=O) groups is 2. The molecule has 5 heteroatoms. The van der Waals surface area contributed by atoms with Crippen LogP contribution in [0.15, 0.2) is 66.8 Å². The monoisotopic (exact) mass is 374 g/mol. The maximum Gasteiger partial charge on any atom is 0.234 e. The van der Waals surface area contributed by atoms with E-state index in [2.05, 4.69) is 6.58 Å². The highest BCUT2D eigenvalue weighted by Crippen LogP contribution is 2.57. The fourth-order valence-electron chi connectivity index (χ4n) is 5.20. The zero-order valence-corrected chi connectivity index (χ0v) is 15.5. The van der Waals surface area contributed by atoms with Crippen LogP contribution in [0.3, 0.4) is 0 Å². The highest BCUT2D eigenvalue weighted by Gasteiger charge is 2.69. The molecule has 0 aliphatic carbocycles. The lowest BCUT2D eigenvalue weighted by Crippen LogP contribution is -2.46. The second-order valence-corrected chi connectivity index (χ2v) is 8.00. The molecule has 2 fully saturated rings. The number of fused-ring (bicyclic) bond motifs is 2. The van der Waals surface area contributed by atoms with E-state index in [1.54, 1.807) is 11.0 Å². The van der Waals surface area contributed by atoms with Crippen molar-refractivity contribution in [1.29, 1.82) is 0 Å². The number of amides is 1. The predicted molar refractivity (Wildman–Crippen MR) is 103 cm³/mol. The maximum atomic E-state index is 13.6. The summed E-state index contributed by atoms with van der Waals surface area (Å²) in [4.78, 5) is 27.2. The van der Waals surface area contributed by atoms with Gasteiger partial charge in [-0.05, 0) is 24.8 Å². The first-order chi connectivity index (χ1) is 13.4. The van der Waals surface area contributed by atoms with Gasteiger partial charge in [-0.15, -0.1) is 6.58 Å². The van der Waals surface area contributed by atoms with Gasteiger partial charge in [0.2, 0.25) is 5.91 Å². The van der Waals surface area contributed by atoms with Crippen molar-refractivity contribution in [2.75, 3.05) is 4.90 Å². The topological polar surface area (TPSA) is 69.7 Å². The average Bonchev–Trinajstić information content (AvgIpc) is 3.30. The summed E-state index contributed by atoms with van der Waals surface area (Å²) in [7, 11) is 0. The predicted octanol–water partition coefficient (Wildman–Crippen LogP) is 2.21. The summed E-state index contributed by atoms with van der Waals surface area (Å²) in [5.41, 5.74) is 0.730. The largest absolute Gasteiger partial charge is 0.550 e. The van der Waals surface area contributed by atoms with Crippen LogP contribution in [0.25, 0.3) is 10.8 Å². The lowest BCUT2D eigenvalue weighted by atomic mass is 9.74. The van der Waals surface area contributed by atoms with Crippen molar-refractivity contribution >= 4 is 28.3 Å². The van der Waals surface area contributed by atoms with E-state index in [-0.39, 0.29) is 11.9 Å². The number of benzene rings is 2. The molecule has 3 aliphatic heterocycles. The number of aliphatic carboxylic acids is 1. The minimum Gasteiger partial charge on any atom is -0.550 e. The molecule has 28 heavy (non-hydrogen) atoms. The quantitative estimate of drug-likeness (QED) is 0.770. The highest BCUT2D eigenvalue weighted by molar-refractivity contribution is 6.09. The highest BCUT2D eigenvalue weighted by atomic mass is 16.5. The van der Waals surface area contributed by atoms with E-state index in [0.717, 1.165) is 22.0 Å². The van der Waals surface area contributed by atoms with Gasteiger partial charge in [-0.2, -0.15) is 0 Å². The third kappa shape index (κ3) is 2.11. The van der Waals surface area contributed by atoms with Crippen LogP contribution in [0.2, 0.25) is 0 Å². The van der Waals surface area contributed by atoms with Crippen molar-refractivity contribution in [1.82, 2.24) is 0 Å². The Morgan fingerprint density at radius 2 is 2.00 bits per heavy atom. The number of nitrogens with zero attached hydrogens (tertiary/aromatic N) is 1. The van der Waals surface area contributed by atoms with Gasteiger partial charge in [-0.25, -0.2) is 0 Å². The molecule has 0 radical (unpaired) electrons. The van der Waals surface area contributed by atoms with Gasteiger partial charge in [0, 0.05) is 17.3 Å². The van der Waals surface area contributed by atoms with Crippen LogP contribution in [0.5, 0.6) is 0 Å². The molecule has 0 unspecified atom stereocenters. The van der Waals surface area contributed by atoms with Gasteiger partial charge in [0.1, 0.15) is 5.60 Å². The second kappa shape index (κ2) is 5.79. The zero-order valence-electron chi connectivity index (χ0n) is 15.5. The van der Waals surface area contributed by atoms with E-state index >= 15 is 0 Å². The van der Waals surface area contributed by atoms with Gasteiger partial charge in [-0.3, -0.25) is 4.79 Å². The van der Waals surface area contributed by atoms with E-state index < -0.39 is 29.5 Å². The molecule has 1 amide bonds. The molecule has 1 spiro atoms. The molecule has 0 N–H and O–H groups in total. The molecule has 2 saturated heterocycles. The summed E-state index contributed by atoms with van der Waals surface area (Å²) in [6.07, 6.45) is 3.57. The average molecular weight is 374 g/mol. The normalized spacial score (nSPS) is 32.9. The van der Waals surface area contributed by atoms with Crippen molar-refractivity contribution in [2.24, 2.45) is 11.8 Å². The van der Waals surface area contributed by atoms with E-state index in [0.29, 0.717) is 6.42 Å². The standard InChI is InChI=1S/C23H21NO4/c1-13(2)12-18-23-11-10-17(28-23)19(22(26)27)20(23)21(25)24(18)16-9-5-7-14-6-3-4-8-15(14)16/h3-11,17-20H,1,12H2,2H3,(H,26,27)/p-1/t17-,18-,19+,20-,23+/m0/s1. The minimum atomic E-state index is -1.23. The zero-order chi connectivity index (χ0) is 19.6. The van der Waals surface area contributed by atoms with Crippen LogP contribution < -0.4 is 10.0 Å². The maximum absolute atomic E-state index is 13.6. The summed E-state index contributed by atoms with van der Waals surface area (Å²) in [5, 5.41) is 13.8. The number of carboxylic acids is 1. The molecule has 3 aliphatic rings. The molecule has 2 aromatic rings. The molecule has 3 heterocycles. The Hall–Kier alpha value is -2.92. The van der Waals surface area contributed by atoms with Crippen molar-refractivity contribution in [3.63, 3.8) is 0 Å². The minimum absolute atomic E-state index is 0.219. The van der Waals surface area contributed by atoms with Crippen LogP contribution >= 0.6 is 0 Å². The number of carbonyl (C=O) groups excluding carboxylic acids is 2. The van der Waals surface area contributed by atoms with Gasteiger partial charge in [-0.1, -0.05) is 54.1 Å². The van der Waals surface area contributed by atoms with E-state index in [1.807, 2.05) is 55.5 Å².